The summed E-state index contributed by atoms with van der Waals surface area (Å²) in [5, 5.41) is 2.27. The van der Waals surface area contributed by atoms with Crippen LogP contribution >= 0.6 is 15.2 Å². The lowest BCUT2D eigenvalue weighted by atomic mass is 10.1. The molecule has 0 aliphatic rings. The van der Waals surface area contributed by atoms with Crippen molar-refractivity contribution in [3.63, 3.8) is 0 Å². The van der Waals surface area contributed by atoms with Crippen LogP contribution in [0.3, 0.4) is 0 Å². The zero-order chi connectivity index (χ0) is 18.7. The van der Waals surface area contributed by atoms with Crippen molar-refractivity contribution in [2.24, 2.45) is 0 Å². The molecular weight excluding hydrogens is 368 g/mol. The third-order valence-electron chi connectivity index (χ3n) is 3.69. The molecule has 25 heavy (non-hydrogen) atoms. The largest absolute Gasteiger partial charge is 0.354 e. The first kappa shape index (κ1) is 20.0. The fraction of sp³-hybridized carbons (Fsp3) is 0.357. The van der Waals surface area contributed by atoms with Crippen molar-refractivity contribution in [2.45, 2.75) is 25.4 Å². The molecule has 138 valence electrons. The minimum Gasteiger partial charge on any atom is -0.334 e. The molecule has 0 saturated carbocycles. The summed E-state index contributed by atoms with van der Waals surface area (Å²) in [7, 11) is -9.90. The van der Waals surface area contributed by atoms with Crippen LogP contribution in [0.25, 0.3) is 11.3 Å². The Hall–Kier alpha value is -1.31. The molecule has 5 N–H and O–H groups in total. The van der Waals surface area contributed by atoms with Gasteiger partial charge in [-0.05, 0) is 19.9 Å². The number of hydrogen-bond acceptors (Lipinski definition) is 4. The summed E-state index contributed by atoms with van der Waals surface area (Å²) in [4.78, 5) is 40.5. The van der Waals surface area contributed by atoms with Gasteiger partial charge in [0.05, 0.1) is 12.0 Å². The number of hydrogen-bond donors (Lipinski definition) is 5. The van der Waals surface area contributed by atoms with Gasteiger partial charge in [0.15, 0.2) is 0 Å². The van der Waals surface area contributed by atoms with Crippen LogP contribution in [0.4, 0.5) is 0 Å². The van der Waals surface area contributed by atoms with E-state index in [9.17, 15) is 9.13 Å². The van der Waals surface area contributed by atoms with Crippen molar-refractivity contribution >= 4 is 15.2 Å². The summed E-state index contributed by atoms with van der Waals surface area (Å²) in [6.45, 7) is 2.45. The van der Waals surface area contributed by atoms with E-state index in [2.05, 4.69) is 10.3 Å². The Bertz CT molecular complexity index is 776. The average Bonchev–Trinajstić information content (AvgIpc) is 2.86. The Kier molecular flexibility index (Phi) is 6.35. The van der Waals surface area contributed by atoms with E-state index in [4.69, 9.17) is 19.6 Å². The highest BCUT2D eigenvalue weighted by Gasteiger charge is 2.42. The first-order valence-corrected chi connectivity index (χ1v) is 10.9. The predicted molar refractivity (Wildman–Crippen MR) is 92.9 cm³/mol. The number of benzene rings is 1. The van der Waals surface area contributed by atoms with Gasteiger partial charge in [0, 0.05) is 17.8 Å². The Morgan fingerprint density at radius 1 is 1.12 bits per heavy atom. The van der Waals surface area contributed by atoms with Gasteiger partial charge in [-0.3, -0.25) is 14.4 Å². The molecule has 0 saturated heterocycles. The number of nitrogens with one attached hydrogen (secondary N) is 1. The van der Waals surface area contributed by atoms with Gasteiger partial charge >= 0.3 is 15.2 Å². The van der Waals surface area contributed by atoms with Gasteiger partial charge in [-0.25, -0.2) is 4.98 Å². The minimum absolute atomic E-state index is 0.0409. The van der Waals surface area contributed by atoms with E-state index in [1.165, 1.54) is 0 Å². The van der Waals surface area contributed by atoms with Crippen LogP contribution in [0.2, 0.25) is 0 Å². The Balaban J connectivity index is 1.96. The molecule has 0 aliphatic carbocycles. The van der Waals surface area contributed by atoms with E-state index in [0.717, 1.165) is 17.0 Å². The van der Waals surface area contributed by atoms with Crippen molar-refractivity contribution in [3.8, 4) is 11.3 Å². The summed E-state index contributed by atoms with van der Waals surface area (Å²) in [6, 6.07) is 9.65. The molecular formula is C14H21N3O6P2. The number of imidazole rings is 1. The fourth-order valence-electron chi connectivity index (χ4n) is 2.46. The summed E-state index contributed by atoms with van der Waals surface area (Å²) in [5.41, 5.74) is 0.591. The molecule has 2 rings (SSSR count). The molecule has 1 heterocycles. The molecule has 0 spiro atoms. The van der Waals surface area contributed by atoms with E-state index in [-0.39, 0.29) is 6.54 Å². The van der Waals surface area contributed by atoms with Crippen LogP contribution in [-0.4, -0.2) is 41.2 Å². The average molecular weight is 389 g/mol. The fourth-order valence-corrected chi connectivity index (χ4v) is 4.76. The van der Waals surface area contributed by atoms with Crippen LogP contribution in [0.1, 0.15) is 12.1 Å². The zero-order valence-corrected chi connectivity index (χ0v) is 15.3. The maximum Gasteiger partial charge on any atom is 0.354 e. The van der Waals surface area contributed by atoms with Crippen molar-refractivity contribution in [2.75, 3.05) is 6.54 Å². The second kappa shape index (κ2) is 7.93. The van der Waals surface area contributed by atoms with Gasteiger partial charge in [-0.1, -0.05) is 30.3 Å². The van der Waals surface area contributed by atoms with Crippen molar-refractivity contribution in [1.82, 2.24) is 14.9 Å². The van der Waals surface area contributed by atoms with E-state index < -0.39 is 20.7 Å². The highest BCUT2D eigenvalue weighted by Crippen LogP contribution is 2.58. The molecule has 11 heteroatoms. The Morgan fingerprint density at radius 2 is 1.72 bits per heavy atom. The molecule has 0 atom stereocenters. The van der Waals surface area contributed by atoms with Crippen LogP contribution in [-0.2, 0) is 15.7 Å². The number of aromatic nitrogens is 2. The van der Waals surface area contributed by atoms with Crippen molar-refractivity contribution in [1.29, 1.82) is 0 Å². The molecule has 0 aliphatic heterocycles. The van der Waals surface area contributed by atoms with Gasteiger partial charge in [0.1, 0.15) is 0 Å². The molecule has 1 aromatic heterocycles. The normalized spacial score (nSPS) is 12.7. The first-order valence-electron chi connectivity index (χ1n) is 7.51. The molecule has 0 radical (unpaired) electrons. The van der Waals surface area contributed by atoms with Crippen LogP contribution in [0.5, 0.6) is 0 Å². The second-order valence-corrected chi connectivity index (χ2v) is 9.39. The molecule has 0 unspecified atom stereocenters. The van der Waals surface area contributed by atoms with Gasteiger partial charge < -0.3 is 24.1 Å². The summed E-state index contributed by atoms with van der Waals surface area (Å²) >= 11 is 0. The van der Waals surface area contributed by atoms with Crippen molar-refractivity contribution in [3.05, 3.63) is 42.4 Å². The Labute approximate surface area is 145 Å². The maximum atomic E-state index is 11.2. The van der Waals surface area contributed by atoms with Crippen LogP contribution in [0.15, 0.2) is 36.7 Å². The maximum absolute atomic E-state index is 11.2. The standard InChI is InChI=1S/C14H21N3O6P2/c1-11-13(12-6-3-2-4-7-12)16-10-17(11)9-5-8-15-14(24(18,19)20)25(21,22)23/h2-4,6-7,10,14-15H,5,8-9H2,1H3,(H2,18,19,20)(H2,21,22,23). The first-order chi connectivity index (χ1) is 11.6. The quantitative estimate of drug-likeness (QED) is 0.337. The van der Waals surface area contributed by atoms with Crippen molar-refractivity contribution < 1.29 is 28.7 Å². The lowest BCUT2D eigenvalue weighted by Gasteiger charge is -2.20. The Morgan fingerprint density at radius 3 is 2.28 bits per heavy atom. The molecule has 0 bridgehead atoms. The summed E-state index contributed by atoms with van der Waals surface area (Å²) in [5.74, 6) is 0. The third-order valence-corrected chi connectivity index (χ3v) is 7.13. The topological polar surface area (TPSA) is 145 Å². The smallest absolute Gasteiger partial charge is 0.334 e. The number of aryl methyl sites for hydroxylation is 1. The molecule has 0 fully saturated rings. The van der Waals surface area contributed by atoms with E-state index in [1.807, 2.05) is 41.8 Å². The van der Waals surface area contributed by atoms with Gasteiger partial charge in [-0.2, -0.15) is 0 Å². The van der Waals surface area contributed by atoms with Crippen LogP contribution < -0.4 is 5.32 Å². The monoisotopic (exact) mass is 389 g/mol. The SMILES string of the molecule is Cc1c(-c2ccccc2)ncn1CCCNC(P(=O)(O)O)P(=O)(O)O. The molecule has 9 nitrogen and oxygen atoms in total. The van der Waals surface area contributed by atoms with Gasteiger partial charge in [0.25, 0.3) is 0 Å². The highest BCUT2D eigenvalue weighted by atomic mass is 31.2. The molecule has 2 aromatic rings. The second-order valence-electron chi connectivity index (χ2n) is 5.60. The molecule has 0 amide bonds. The van der Waals surface area contributed by atoms with E-state index in [1.54, 1.807) is 6.33 Å². The predicted octanol–water partition coefficient (Wildman–Crippen LogP) is 1.48. The van der Waals surface area contributed by atoms with Gasteiger partial charge in [-0.15, -0.1) is 0 Å². The van der Waals surface area contributed by atoms with Crippen LogP contribution in [0, 0.1) is 6.92 Å². The van der Waals surface area contributed by atoms with E-state index >= 15 is 0 Å². The van der Waals surface area contributed by atoms with E-state index in [0.29, 0.717) is 13.0 Å². The summed E-state index contributed by atoms with van der Waals surface area (Å²) in [6.07, 6.45) is 2.09. The third kappa shape index (κ3) is 5.33. The zero-order valence-electron chi connectivity index (χ0n) is 13.6. The lowest BCUT2D eigenvalue weighted by Crippen LogP contribution is -2.30. The highest BCUT2D eigenvalue weighted by molar-refractivity contribution is 7.70. The van der Waals surface area contributed by atoms with Gasteiger partial charge in [0.2, 0.25) is 5.52 Å². The molecule has 1 aromatic carbocycles. The lowest BCUT2D eigenvalue weighted by molar-refractivity contribution is 0.327. The minimum atomic E-state index is -4.95. The number of nitrogens with zero attached hydrogens (tertiary/aromatic N) is 2. The summed E-state index contributed by atoms with van der Waals surface area (Å²) < 4.78 is 24.2. The number of rotatable bonds is 8.